The Morgan fingerprint density at radius 1 is 1.32 bits per heavy atom. The van der Waals surface area contributed by atoms with Crippen LogP contribution >= 0.6 is 0 Å². The van der Waals surface area contributed by atoms with Gasteiger partial charge < -0.3 is 19.7 Å². The SMILES string of the molecule is CCOc1cccc(C(=O)N2CC[C@H](CNC(=O)OC(C)(C)C)C2)c1. The number of benzene rings is 1. The van der Waals surface area contributed by atoms with Gasteiger partial charge in [0.15, 0.2) is 0 Å². The number of rotatable bonds is 5. The lowest BCUT2D eigenvalue weighted by molar-refractivity contribution is 0.0520. The molecule has 1 fully saturated rings. The van der Waals surface area contributed by atoms with E-state index in [1.807, 2.05) is 44.7 Å². The fourth-order valence-corrected chi connectivity index (χ4v) is 2.79. The summed E-state index contributed by atoms with van der Waals surface area (Å²) in [6.45, 7) is 9.82. The third-order valence-corrected chi connectivity index (χ3v) is 3.90. The normalized spacial score (nSPS) is 17.3. The maximum absolute atomic E-state index is 12.6. The molecule has 1 saturated heterocycles. The quantitative estimate of drug-likeness (QED) is 0.888. The molecule has 1 heterocycles. The molecular formula is C19H28N2O4. The van der Waals surface area contributed by atoms with Crippen LogP contribution in [0, 0.1) is 5.92 Å². The summed E-state index contributed by atoms with van der Waals surface area (Å²) in [6.07, 6.45) is 0.453. The number of carbonyl (C=O) groups is 2. The Kier molecular flexibility index (Phi) is 6.28. The van der Waals surface area contributed by atoms with Crippen LogP contribution in [0.15, 0.2) is 24.3 Å². The molecule has 0 bridgehead atoms. The summed E-state index contributed by atoms with van der Waals surface area (Å²) in [5, 5.41) is 2.79. The minimum atomic E-state index is -0.507. The molecule has 0 radical (unpaired) electrons. The van der Waals surface area contributed by atoms with Gasteiger partial charge in [-0.25, -0.2) is 4.79 Å². The highest BCUT2D eigenvalue weighted by Gasteiger charge is 2.28. The van der Waals surface area contributed by atoms with Gasteiger partial charge in [0, 0.05) is 25.2 Å². The van der Waals surface area contributed by atoms with Gasteiger partial charge >= 0.3 is 6.09 Å². The molecule has 1 atom stereocenters. The van der Waals surface area contributed by atoms with Gasteiger partial charge in [-0.3, -0.25) is 4.79 Å². The lowest BCUT2D eigenvalue weighted by Crippen LogP contribution is -2.36. The van der Waals surface area contributed by atoms with E-state index in [0.717, 1.165) is 6.42 Å². The Balaban J connectivity index is 1.84. The maximum atomic E-state index is 12.6. The molecule has 1 aliphatic rings. The van der Waals surface area contributed by atoms with Gasteiger partial charge in [-0.15, -0.1) is 0 Å². The van der Waals surface area contributed by atoms with E-state index in [1.165, 1.54) is 0 Å². The number of nitrogens with zero attached hydrogens (tertiary/aromatic N) is 1. The third kappa shape index (κ3) is 5.96. The molecule has 0 unspecified atom stereocenters. The fraction of sp³-hybridized carbons (Fsp3) is 0.579. The van der Waals surface area contributed by atoms with Gasteiger partial charge in [0.1, 0.15) is 11.4 Å². The average Bonchev–Trinajstić information content (AvgIpc) is 3.00. The Hall–Kier alpha value is -2.24. The van der Waals surface area contributed by atoms with Crippen molar-refractivity contribution in [2.45, 2.75) is 39.7 Å². The van der Waals surface area contributed by atoms with Crippen molar-refractivity contribution in [2.24, 2.45) is 5.92 Å². The van der Waals surface area contributed by atoms with Crippen LogP contribution in [0.2, 0.25) is 0 Å². The first-order valence-electron chi connectivity index (χ1n) is 8.77. The van der Waals surface area contributed by atoms with Crippen molar-refractivity contribution >= 4 is 12.0 Å². The van der Waals surface area contributed by atoms with Crippen LogP contribution in [-0.4, -0.2) is 48.7 Å². The van der Waals surface area contributed by atoms with Crippen molar-refractivity contribution in [3.63, 3.8) is 0 Å². The molecule has 1 aliphatic heterocycles. The zero-order valence-corrected chi connectivity index (χ0v) is 15.5. The van der Waals surface area contributed by atoms with E-state index in [2.05, 4.69) is 5.32 Å². The van der Waals surface area contributed by atoms with E-state index in [0.29, 0.717) is 37.6 Å². The summed E-state index contributed by atoms with van der Waals surface area (Å²) >= 11 is 0. The van der Waals surface area contributed by atoms with Crippen LogP contribution in [0.25, 0.3) is 0 Å². The highest BCUT2D eigenvalue weighted by Crippen LogP contribution is 2.20. The second-order valence-electron chi connectivity index (χ2n) is 7.25. The van der Waals surface area contributed by atoms with E-state index in [4.69, 9.17) is 9.47 Å². The zero-order chi connectivity index (χ0) is 18.4. The van der Waals surface area contributed by atoms with Gasteiger partial charge in [0.2, 0.25) is 0 Å². The first kappa shape index (κ1) is 19.1. The first-order chi connectivity index (χ1) is 11.8. The average molecular weight is 348 g/mol. The summed E-state index contributed by atoms with van der Waals surface area (Å²) in [5.74, 6) is 0.948. The van der Waals surface area contributed by atoms with E-state index >= 15 is 0 Å². The minimum absolute atomic E-state index is 0.00122. The second-order valence-corrected chi connectivity index (χ2v) is 7.25. The molecule has 25 heavy (non-hydrogen) atoms. The Morgan fingerprint density at radius 2 is 2.08 bits per heavy atom. The fourth-order valence-electron chi connectivity index (χ4n) is 2.79. The van der Waals surface area contributed by atoms with Crippen LogP contribution < -0.4 is 10.1 Å². The number of hydrogen-bond donors (Lipinski definition) is 1. The molecule has 1 aromatic carbocycles. The molecule has 6 heteroatoms. The molecule has 0 aromatic heterocycles. The molecular weight excluding hydrogens is 320 g/mol. The lowest BCUT2D eigenvalue weighted by atomic mass is 10.1. The molecule has 138 valence electrons. The number of likely N-dealkylation sites (tertiary alicyclic amines) is 1. The topological polar surface area (TPSA) is 67.9 Å². The van der Waals surface area contributed by atoms with Crippen molar-refractivity contribution in [3.05, 3.63) is 29.8 Å². The van der Waals surface area contributed by atoms with Crippen molar-refractivity contribution < 1.29 is 19.1 Å². The van der Waals surface area contributed by atoms with E-state index in [9.17, 15) is 9.59 Å². The number of alkyl carbamates (subject to hydrolysis) is 1. The maximum Gasteiger partial charge on any atom is 0.407 e. The van der Waals surface area contributed by atoms with Crippen molar-refractivity contribution in [2.75, 3.05) is 26.2 Å². The number of ether oxygens (including phenoxy) is 2. The molecule has 0 spiro atoms. The summed E-state index contributed by atoms with van der Waals surface area (Å²) in [4.78, 5) is 26.2. The molecule has 0 aliphatic carbocycles. The van der Waals surface area contributed by atoms with E-state index in [-0.39, 0.29) is 11.8 Å². The molecule has 6 nitrogen and oxygen atoms in total. The van der Waals surface area contributed by atoms with Crippen LogP contribution in [0.5, 0.6) is 5.75 Å². The smallest absolute Gasteiger partial charge is 0.407 e. The van der Waals surface area contributed by atoms with Gasteiger partial charge in [0.05, 0.1) is 6.61 Å². The van der Waals surface area contributed by atoms with Crippen LogP contribution in [0.1, 0.15) is 44.5 Å². The highest BCUT2D eigenvalue weighted by molar-refractivity contribution is 5.94. The first-order valence-corrected chi connectivity index (χ1v) is 8.77. The lowest BCUT2D eigenvalue weighted by Gasteiger charge is -2.21. The van der Waals surface area contributed by atoms with E-state index in [1.54, 1.807) is 12.1 Å². The van der Waals surface area contributed by atoms with Crippen molar-refractivity contribution in [1.29, 1.82) is 0 Å². The molecule has 0 saturated carbocycles. The number of amides is 2. The van der Waals surface area contributed by atoms with Gasteiger partial charge in [-0.1, -0.05) is 6.07 Å². The molecule has 1 aromatic rings. The van der Waals surface area contributed by atoms with Crippen LogP contribution in [0.4, 0.5) is 4.79 Å². The Morgan fingerprint density at radius 3 is 2.76 bits per heavy atom. The number of nitrogens with one attached hydrogen (secondary N) is 1. The minimum Gasteiger partial charge on any atom is -0.494 e. The summed E-state index contributed by atoms with van der Waals surface area (Å²) in [7, 11) is 0. The predicted molar refractivity (Wildman–Crippen MR) is 95.9 cm³/mol. The number of hydrogen-bond acceptors (Lipinski definition) is 4. The van der Waals surface area contributed by atoms with E-state index < -0.39 is 11.7 Å². The van der Waals surface area contributed by atoms with Gasteiger partial charge in [-0.05, 0) is 58.2 Å². The highest BCUT2D eigenvalue weighted by atomic mass is 16.6. The Labute approximate surface area is 149 Å². The molecule has 2 amide bonds. The largest absolute Gasteiger partial charge is 0.494 e. The standard InChI is InChI=1S/C19H28N2O4/c1-5-24-16-8-6-7-15(11-16)17(22)21-10-9-14(13-21)12-20-18(23)25-19(2,3)4/h6-8,11,14H,5,9-10,12-13H2,1-4H3,(H,20,23)/t14-/m1/s1. The monoisotopic (exact) mass is 348 g/mol. The van der Waals surface area contributed by atoms with Crippen molar-refractivity contribution in [1.82, 2.24) is 10.2 Å². The Bertz CT molecular complexity index is 610. The van der Waals surface area contributed by atoms with Gasteiger partial charge in [-0.2, -0.15) is 0 Å². The van der Waals surface area contributed by atoms with Gasteiger partial charge in [0.25, 0.3) is 5.91 Å². The third-order valence-electron chi connectivity index (χ3n) is 3.90. The molecule has 1 N–H and O–H groups in total. The molecule has 2 rings (SSSR count). The predicted octanol–water partition coefficient (Wildman–Crippen LogP) is 3.07. The summed E-state index contributed by atoms with van der Waals surface area (Å²) in [5.41, 5.74) is 0.125. The second kappa shape index (κ2) is 8.23. The van der Waals surface area contributed by atoms with Crippen molar-refractivity contribution in [3.8, 4) is 5.75 Å². The van der Waals surface area contributed by atoms with Crippen LogP contribution in [0.3, 0.4) is 0 Å². The van der Waals surface area contributed by atoms with Crippen LogP contribution in [-0.2, 0) is 4.74 Å². The summed E-state index contributed by atoms with van der Waals surface area (Å²) < 4.78 is 10.7. The number of carbonyl (C=O) groups excluding carboxylic acids is 2. The summed E-state index contributed by atoms with van der Waals surface area (Å²) in [6, 6.07) is 7.25. The zero-order valence-electron chi connectivity index (χ0n) is 15.5.